The molecule has 1 aromatic rings. The van der Waals surface area contributed by atoms with Crippen molar-refractivity contribution in [1.82, 2.24) is 14.7 Å². The molecule has 1 fully saturated rings. The SMILES string of the molecule is CC(C)CNCC1CCCN1c1ncns1. The van der Waals surface area contributed by atoms with E-state index in [-0.39, 0.29) is 0 Å². The Hall–Kier alpha value is -0.680. The Morgan fingerprint density at radius 1 is 1.62 bits per heavy atom. The van der Waals surface area contributed by atoms with Crippen LogP contribution in [0.25, 0.3) is 0 Å². The van der Waals surface area contributed by atoms with Gasteiger partial charge in [-0.3, -0.25) is 0 Å². The van der Waals surface area contributed by atoms with Crippen molar-refractivity contribution in [1.29, 1.82) is 0 Å². The quantitative estimate of drug-likeness (QED) is 0.851. The molecular weight excluding hydrogens is 220 g/mol. The second-order valence-corrected chi connectivity index (χ2v) is 5.52. The summed E-state index contributed by atoms with van der Waals surface area (Å²) in [6.07, 6.45) is 4.19. The van der Waals surface area contributed by atoms with Crippen molar-refractivity contribution in [3.8, 4) is 0 Å². The Labute approximate surface area is 101 Å². The zero-order chi connectivity index (χ0) is 11.4. The third-order valence-corrected chi connectivity index (χ3v) is 3.61. The van der Waals surface area contributed by atoms with Crippen LogP contribution in [0.5, 0.6) is 0 Å². The van der Waals surface area contributed by atoms with E-state index in [9.17, 15) is 0 Å². The summed E-state index contributed by atoms with van der Waals surface area (Å²) in [6, 6.07) is 0.603. The molecule has 4 nitrogen and oxygen atoms in total. The summed E-state index contributed by atoms with van der Waals surface area (Å²) in [5, 5.41) is 4.61. The first-order valence-corrected chi connectivity index (χ1v) is 6.78. The molecule has 0 aliphatic carbocycles. The van der Waals surface area contributed by atoms with Crippen LogP contribution >= 0.6 is 11.5 Å². The smallest absolute Gasteiger partial charge is 0.205 e. The highest BCUT2D eigenvalue weighted by atomic mass is 32.1. The van der Waals surface area contributed by atoms with E-state index in [0.717, 1.165) is 30.7 Å². The number of hydrogen-bond acceptors (Lipinski definition) is 5. The summed E-state index contributed by atoms with van der Waals surface area (Å²) in [5.41, 5.74) is 0. The van der Waals surface area contributed by atoms with Gasteiger partial charge in [0.05, 0.1) is 0 Å². The Balaban J connectivity index is 1.84. The minimum Gasteiger partial charge on any atom is -0.343 e. The fourth-order valence-electron chi connectivity index (χ4n) is 2.13. The van der Waals surface area contributed by atoms with Crippen LogP contribution in [0.2, 0.25) is 0 Å². The van der Waals surface area contributed by atoms with Crippen LogP contribution in [0.4, 0.5) is 5.13 Å². The van der Waals surface area contributed by atoms with Gasteiger partial charge in [0.15, 0.2) is 0 Å². The minimum atomic E-state index is 0.603. The lowest BCUT2D eigenvalue weighted by Gasteiger charge is -2.24. The van der Waals surface area contributed by atoms with Crippen LogP contribution in [0.15, 0.2) is 6.33 Å². The zero-order valence-electron chi connectivity index (χ0n) is 10.0. The molecule has 90 valence electrons. The second-order valence-electron chi connectivity index (χ2n) is 4.77. The maximum absolute atomic E-state index is 4.30. The molecule has 16 heavy (non-hydrogen) atoms. The topological polar surface area (TPSA) is 41.0 Å². The molecule has 1 N–H and O–H groups in total. The first kappa shape index (κ1) is 11.8. The lowest BCUT2D eigenvalue weighted by molar-refractivity contribution is 0.512. The summed E-state index contributed by atoms with van der Waals surface area (Å²) in [4.78, 5) is 6.69. The van der Waals surface area contributed by atoms with Gasteiger partial charge >= 0.3 is 0 Å². The maximum Gasteiger partial charge on any atom is 0.205 e. The minimum absolute atomic E-state index is 0.603. The number of nitrogens with one attached hydrogen (secondary N) is 1. The molecule has 1 atom stereocenters. The van der Waals surface area contributed by atoms with Gasteiger partial charge in [-0.25, -0.2) is 4.98 Å². The molecule has 0 aromatic carbocycles. The van der Waals surface area contributed by atoms with Gasteiger partial charge in [0, 0.05) is 30.7 Å². The highest BCUT2D eigenvalue weighted by Crippen LogP contribution is 2.25. The van der Waals surface area contributed by atoms with Gasteiger partial charge in [0.2, 0.25) is 5.13 Å². The third kappa shape index (κ3) is 2.92. The van der Waals surface area contributed by atoms with Crippen molar-refractivity contribution in [2.75, 3.05) is 24.5 Å². The van der Waals surface area contributed by atoms with E-state index in [1.807, 2.05) is 0 Å². The molecule has 0 radical (unpaired) electrons. The number of nitrogens with zero attached hydrogens (tertiary/aromatic N) is 3. The molecule has 1 unspecified atom stereocenters. The van der Waals surface area contributed by atoms with E-state index >= 15 is 0 Å². The van der Waals surface area contributed by atoms with Gasteiger partial charge in [0.25, 0.3) is 0 Å². The van der Waals surface area contributed by atoms with E-state index in [4.69, 9.17) is 0 Å². The normalized spacial score (nSPS) is 20.9. The maximum atomic E-state index is 4.30. The zero-order valence-corrected chi connectivity index (χ0v) is 10.8. The Kier molecular flexibility index (Phi) is 4.12. The Morgan fingerprint density at radius 2 is 2.50 bits per heavy atom. The Morgan fingerprint density at radius 3 is 3.19 bits per heavy atom. The fourth-order valence-corrected chi connectivity index (χ4v) is 2.76. The van der Waals surface area contributed by atoms with Gasteiger partial charge in [-0.15, -0.1) is 0 Å². The molecule has 1 aromatic heterocycles. The molecule has 1 aliphatic heterocycles. The predicted octanol–water partition coefficient (Wildman–Crippen LogP) is 1.75. The predicted molar refractivity (Wildman–Crippen MR) is 68.0 cm³/mol. The number of anilines is 1. The molecule has 0 saturated carbocycles. The molecule has 1 aliphatic rings. The van der Waals surface area contributed by atoms with E-state index in [1.165, 1.54) is 24.4 Å². The molecule has 0 spiro atoms. The van der Waals surface area contributed by atoms with Crippen LogP contribution < -0.4 is 10.2 Å². The molecule has 5 heteroatoms. The third-order valence-electron chi connectivity index (χ3n) is 2.91. The summed E-state index contributed by atoms with van der Waals surface area (Å²) in [7, 11) is 0. The molecular formula is C11H20N4S. The van der Waals surface area contributed by atoms with Crippen molar-refractivity contribution >= 4 is 16.7 Å². The first-order valence-electron chi connectivity index (χ1n) is 6.01. The van der Waals surface area contributed by atoms with Crippen molar-refractivity contribution in [2.24, 2.45) is 5.92 Å². The molecule has 0 bridgehead atoms. The molecule has 1 saturated heterocycles. The Bertz CT molecular complexity index is 299. The van der Waals surface area contributed by atoms with Crippen LogP contribution in [0, 0.1) is 5.92 Å². The van der Waals surface area contributed by atoms with Gasteiger partial charge in [-0.2, -0.15) is 4.37 Å². The van der Waals surface area contributed by atoms with Gasteiger partial charge in [-0.1, -0.05) is 13.8 Å². The standard InChI is InChI=1S/C11H20N4S/c1-9(2)6-12-7-10-4-3-5-15(10)11-13-8-14-16-11/h8-10,12H,3-7H2,1-2H3. The van der Waals surface area contributed by atoms with Crippen molar-refractivity contribution < 1.29 is 0 Å². The average Bonchev–Trinajstić information content (AvgIpc) is 2.84. The monoisotopic (exact) mass is 240 g/mol. The van der Waals surface area contributed by atoms with Crippen LogP contribution in [-0.4, -0.2) is 35.0 Å². The van der Waals surface area contributed by atoms with Gasteiger partial charge in [0.1, 0.15) is 6.33 Å². The summed E-state index contributed by atoms with van der Waals surface area (Å²) < 4.78 is 4.08. The molecule has 2 heterocycles. The van der Waals surface area contributed by atoms with E-state index in [1.54, 1.807) is 6.33 Å². The van der Waals surface area contributed by atoms with Crippen molar-refractivity contribution in [3.63, 3.8) is 0 Å². The van der Waals surface area contributed by atoms with Crippen molar-refractivity contribution in [3.05, 3.63) is 6.33 Å². The fraction of sp³-hybridized carbons (Fsp3) is 0.818. The van der Waals surface area contributed by atoms with Crippen molar-refractivity contribution in [2.45, 2.75) is 32.7 Å². The highest BCUT2D eigenvalue weighted by Gasteiger charge is 2.26. The van der Waals surface area contributed by atoms with E-state index in [2.05, 4.69) is 33.4 Å². The van der Waals surface area contributed by atoms with E-state index < -0.39 is 0 Å². The van der Waals surface area contributed by atoms with E-state index in [0.29, 0.717) is 6.04 Å². The number of aromatic nitrogens is 2. The second kappa shape index (κ2) is 5.59. The molecule has 0 amide bonds. The summed E-state index contributed by atoms with van der Waals surface area (Å²) in [5.74, 6) is 0.719. The summed E-state index contributed by atoms with van der Waals surface area (Å²) in [6.45, 7) is 7.77. The van der Waals surface area contributed by atoms with Crippen LogP contribution in [0.3, 0.4) is 0 Å². The van der Waals surface area contributed by atoms with Gasteiger partial charge < -0.3 is 10.2 Å². The van der Waals surface area contributed by atoms with Crippen LogP contribution in [0.1, 0.15) is 26.7 Å². The number of rotatable bonds is 5. The lowest BCUT2D eigenvalue weighted by atomic mass is 10.2. The lowest BCUT2D eigenvalue weighted by Crippen LogP contribution is -2.39. The number of hydrogen-bond donors (Lipinski definition) is 1. The highest BCUT2D eigenvalue weighted by molar-refractivity contribution is 7.09. The average molecular weight is 240 g/mol. The largest absolute Gasteiger partial charge is 0.343 e. The molecule has 2 rings (SSSR count). The van der Waals surface area contributed by atoms with Crippen LogP contribution in [-0.2, 0) is 0 Å². The van der Waals surface area contributed by atoms with Gasteiger partial charge in [-0.05, 0) is 25.3 Å². The summed E-state index contributed by atoms with van der Waals surface area (Å²) >= 11 is 1.50. The first-order chi connectivity index (χ1) is 7.77.